The molecule has 0 atom stereocenters. The highest BCUT2D eigenvalue weighted by Gasteiger charge is 2.33. The van der Waals surface area contributed by atoms with Gasteiger partial charge in [0.2, 0.25) is 11.7 Å². The van der Waals surface area contributed by atoms with E-state index in [0.29, 0.717) is 16.8 Å². The lowest BCUT2D eigenvalue weighted by atomic mass is 9.82. The topological polar surface area (TPSA) is 111 Å². The second-order valence-corrected chi connectivity index (χ2v) is 6.51. The van der Waals surface area contributed by atoms with Crippen molar-refractivity contribution in [2.24, 2.45) is 5.73 Å². The van der Waals surface area contributed by atoms with Gasteiger partial charge >= 0.3 is 0 Å². The minimum Gasteiger partial charge on any atom is -0.366 e. The number of hydrogen-bond donors (Lipinski definition) is 2. The quantitative estimate of drug-likeness (QED) is 0.820. The van der Waals surface area contributed by atoms with Crippen LogP contribution in [0.4, 0.5) is 0 Å². The van der Waals surface area contributed by atoms with Crippen molar-refractivity contribution < 1.29 is 14.1 Å². The second-order valence-electron chi connectivity index (χ2n) is 6.51. The summed E-state index contributed by atoms with van der Waals surface area (Å²) < 4.78 is 5.05. The Hall–Kier alpha value is -3.14. The zero-order valence-electron chi connectivity index (χ0n) is 14.5. The fourth-order valence-corrected chi connectivity index (χ4v) is 3.02. The molecule has 7 nitrogen and oxygen atoms in total. The van der Waals surface area contributed by atoms with Gasteiger partial charge in [0.15, 0.2) is 0 Å². The largest absolute Gasteiger partial charge is 0.366 e. The summed E-state index contributed by atoms with van der Waals surface area (Å²) in [6.45, 7) is 1.76. The Bertz CT molecular complexity index is 885. The fraction of sp³-hybridized carbons (Fsp3) is 0.368. The molecule has 2 heterocycles. The first-order valence-electron chi connectivity index (χ1n) is 8.51. The lowest BCUT2D eigenvalue weighted by molar-refractivity contribution is 0.0865. The summed E-state index contributed by atoms with van der Waals surface area (Å²) in [5.41, 5.74) is 6.17. The molecule has 0 aromatic carbocycles. The van der Waals surface area contributed by atoms with E-state index >= 15 is 0 Å². The van der Waals surface area contributed by atoms with Crippen LogP contribution in [-0.4, -0.2) is 27.5 Å². The van der Waals surface area contributed by atoms with E-state index in [1.54, 1.807) is 25.3 Å². The molecular formula is C19H20N4O3. The number of hydrogen-bond acceptors (Lipinski definition) is 5. The maximum absolute atomic E-state index is 12.5. The van der Waals surface area contributed by atoms with Gasteiger partial charge in [-0.1, -0.05) is 36.3 Å². The van der Waals surface area contributed by atoms with Crippen LogP contribution in [0, 0.1) is 18.8 Å². The zero-order valence-corrected chi connectivity index (χ0v) is 14.5. The van der Waals surface area contributed by atoms with Gasteiger partial charge in [-0.25, -0.2) is 0 Å². The Balaban J connectivity index is 1.85. The van der Waals surface area contributed by atoms with E-state index < -0.39 is 11.4 Å². The van der Waals surface area contributed by atoms with Gasteiger partial charge in [-0.05, 0) is 25.8 Å². The third-order valence-corrected chi connectivity index (χ3v) is 4.38. The van der Waals surface area contributed by atoms with E-state index in [2.05, 4.69) is 27.3 Å². The summed E-state index contributed by atoms with van der Waals surface area (Å²) in [7, 11) is 0. The third kappa shape index (κ3) is 4.09. The second kappa shape index (κ2) is 7.40. The van der Waals surface area contributed by atoms with Crippen molar-refractivity contribution in [3.8, 4) is 11.8 Å². The first-order valence-corrected chi connectivity index (χ1v) is 8.51. The van der Waals surface area contributed by atoms with Crippen LogP contribution in [0.25, 0.3) is 0 Å². The standard InChI is InChI=1S/C19H20N4O3/c1-13-9-16(26-23-13)18(25)22-19(6-3-2-4-7-19)8-5-14-10-15(17(20)24)12-21-11-14/h9-12H,2-4,6-7H2,1H3,(H2,20,24)(H,22,25). The Kier molecular flexibility index (Phi) is 5.03. The molecule has 3 N–H and O–H groups in total. The molecule has 26 heavy (non-hydrogen) atoms. The predicted octanol–water partition coefficient (Wildman–Crippen LogP) is 1.96. The SMILES string of the molecule is Cc1cc(C(=O)NC2(C#Cc3cncc(C(N)=O)c3)CCCCC2)on1. The van der Waals surface area contributed by atoms with Gasteiger partial charge in [-0.2, -0.15) is 0 Å². The number of carbonyl (C=O) groups is 2. The van der Waals surface area contributed by atoms with Gasteiger partial charge in [0.05, 0.1) is 11.3 Å². The molecule has 134 valence electrons. The Labute approximate surface area is 151 Å². The molecule has 0 unspecified atom stereocenters. The maximum Gasteiger partial charge on any atom is 0.291 e. The molecule has 0 saturated heterocycles. The molecule has 1 fully saturated rings. The van der Waals surface area contributed by atoms with Crippen molar-refractivity contribution in [2.75, 3.05) is 0 Å². The maximum atomic E-state index is 12.5. The van der Waals surface area contributed by atoms with Crippen LogP contribution in [-0.2, 0) is 0 Å². The van der Waals surface area contributed by atoms with Crippen LogP contribution < -0.4 is 11.1 Å². The first kappa shape index (κ1) is 17.7. The third-order valence-electron chi connectivity index (χ3n) is 4.38. The summed E-state index contributed by atoms with van der Waals surface area (Å²) in [5, 5.41) is 6.76. The minimum absolute atomic E-state index is 0.173. The average Bonchev–Trinajstić information content (AvgIpc) is 3.08. The lowest BCUT2D eigenvalue weighted by Crippen LogP contribution is -2.48. The van der Waals surface area contributed by atoms with E-state index in [9.17, 15) is 9.59 Å². The smallest absolute Gasteiger partial charge is 0.291 e. The van der Waals surface area contributed by atoms with Gasteiger partial charge in [0.1, 0.15) is 5.54 Å². The molecular weight excluding hydrogens is 332 g/mol. The van der Waals surface area contributed by atoms with Gasteiger partial charge in [0.25, 0.3) is 5.91 Å². The molecule has 0 radical (unpaired) electrons. The Morgan fingerprint density at radius 2 is 2.00 bits per heavy atom. The van der Waals surface area contributed by atoms with Crippen molar-refractivity contribution in [3.63, 3.8) is 0 Å². The molecule has 1 saturated carbocycles. The molecule has 0 spiro atoms. The summed E-state index contributed by atoms with van der Waals surface area (Å²) in [5.74, 6) is 5.51. The molecule has 3 rings (SSSR count). The van der Waals surface area contributed by atoms with Crippen LogP contribution in [0.3, 0.4) is 0 Å². The van der Waals surface area contributed by atoms with Crippen molar-refractivity contribution >= 4 is 11.8 Å². The summed E-state index contributed by atoms with van der Waals surface area (Å²) in [4.78, 5) is 27.8. The number of aryl methyl sites for hydroxylation is 1. The summed E-state index contributed by atoms with van der Waals surface area (Å²) in [6.07, 6.45) is 7.53. The molecule has 2 aromatic rings. The summed E-state index contributed by atoms with van der Waals surface area (Å²) >= 11 is 0. The Morgan fingerprint density at radius 3 is 2.65 bits per heavy atom. The van der Waals surface area contributed by atoms with E-state index in [-0.39, 0.29) is 11.7 Å². The van der Waals surface area contributed by atoms with Crippen molar-refractivity contribution in [1.82, 2.24) is 15.5 Å². The van der Waals surface area contributed by atoms with Crippen LogP contribution >= 0.6 is 0 Å². The normalized spacial score (nSPS) is 15.6. The molecule has 2 aromatic heterocycles. The number of aromatic nitrogens is 2. The Morgan fingerprint density at radius 1 is 1.23 bits per heavy atom. The van der Waals surface area contributed by atoms with Crippen LogP contribution in [0.15, 0.2) is 29.0 Å². The highest BCUT2D eigenvalue weighted by atomic mass is 16.5. The number of amides is 2. The lowest BCUT2D eigenvalue weighted by Gasteiger charge is -2.33. The number of nitrogens with zero attached hydrogens (tertiary/aromatic N) is 2. The highest BCUT2D eigenvalue weighted by Crippen LogP contribution is 2.28. The minimum atomic E-state index is -0.640. The number of pyridine rings is 1. The molecule has 7 heteroatoms. The zero-order chi connectivity index (χ0) is 18.6. The van der Waals surface area contributed by atoms with Gasteiger partial charge in [-0.3, -0.25) is 14.6 Å². The number of rotatable bonds is 3. The molecule has 1 aliphatic rings. The van der Waals surface area contributed by atoms with Gasteiger partial charge < -0.3 is 15.6 Å². The van der Waals surface area contributed by atoms with E-state index in [0.717, 1.165) is 32.1 Å². The van der Waals surface area contributed by atoms with Crippen LogP contribution in [0.2, 0.25) is 0 Å². The molecule has 0 aliphatic heterocycles. The van der Waals surface area contributed by atoms with Crippen molar-refractivity contribution in [1.29, 1.82) is 0 Å². The van der Waals surface area contributed by atoms with E-state index in [1.807, 2.05) is 0 Å². The number of nitrogens with two attached hydrogens (primary N) is 1. The predicted molar refractivity (Wildman–Crippen MR) is 94.2 cm³/mol. The molecule has 1 aliphatic carbocycles. The van der Waals surface area contributed by atoms with Crippen LogP contribution in [0.1, 0.15) is 64.3 Å². The van der Waals surface area contributed by atoms with E-state index in [4.69, 9.17) is 10.3 Å². The first-order chi connectivity index (χ1) is 12.5. The number of primary amides is 1. The fourth-order valence-electron chi connectivity index (χ4n) is 3.02. The number of carbonyl (C=O) groups excluding carboxylic acids is 2. The highest BCUT2D eigenvalue weighted by molar-refractivity contribution is 5.93. The monoisotopic (exact) mass is 352 g/mol. The van der Waals surface area contributed by atoms with Crippen LogP contribution in [0.5, 0.6) is 0 Å². The number of nitrogens with one attached hydrogen (secondary N) is 1. The van der Waals surface area contributed by atoms with Crippen molar-refractivity contribution in [2.45, 2.75) is 44.6 Å². The molecule has 0 bridgehead atoms. The van der Waals surface area contributed by atoms with Crippen molar-refractivity contribution in [3.05, 3.63) is 47.1 Å². The van der Waals surface area contributed by atoms with Gasteiger partial charge in [-0.15, -0.1) is 0 Å². The van der Waals surface area contributed by atoms with E-state index in [1.165, 1.54) is 6.20 Å². The molecule has 2 amide bonds. The summed E-state index contributed by atoms with van der Waals surface area (Å²) in [6, 6.07) is 3.19. The van der Waals surface area contributed by atoms with Gasteiger partial charge in [0, 0.05) is 24.0 Å². The average molecular weight is 352 g/mol.